The summed E-state index contributed by atoms with van der Waals surface area (Å²) < 4.78 is 0. The zero-order valence-electron chi connectivity index (χ0n) is 13.5. The molecule has 3 nitrogen and oxygen atoms in total. The van der Waals surface area contributed by atoms with Gasteiger partial charge in [-0.2, -0.15) is 0 Å². The highest BCUT2D eigenvalue weighted by atomic mass is 15.3. The first kappa shape index (κ1) is 14.8. The lowest BCUT2D eigenvalue weighted by Crippen LogP contribution is -2.60. The van der Waals surface area contributed by atoms with Crippen LogP contribution in [0.25, 0.3) is 0 Å². The van der Waals surface area contributed by atoms with Gasteiger partial charge in [-0.25, -0.2) is 0 Å². The maximum atomic E-state index is 3.82. The van der Waals surface area contributed by atoms with Crippen LogP contribution in [-0.2, 0) is 0 Å². The van der Waals surface area contributed by atoms with Gasteiger partial charge in [0.15, 0.2) is 0 Å². The minimum Gasteiger partial charge on any atom is -0.312 e. The van der Waals surface area contributed by atoms with Crippen LogP contribution in [0, 0.1) is 5.92 Å². The van der Waals surface area contributed by atoms with Crippen LogP contribution >= 0.6 is 0 Å². The number of piperazine rings is 1. The second kappa shape index (κ2) is 6.76. The summed E-state index contributed by atoms with van der Waals surface area (Å²) in [5.41, 5.74) is 0. The largest absolute Gasteiger partial charge is 0.312 e. The summed E-state index contributed by atoms with van der Waals surface area (Å²) in [4.78, 5) is 5.55. The van der Waals surface area contributed by atoms with Crippen molar-refractivity contribution < 1.29 is 0 Å². The lowest BCUT2D eigenvalue weighted by atomic mass is 9.96. The maximum absolute atomic E-state index is 3.82. The van der Waals surface area contributed by atoms with Crippen molar-refractivity contribution in [3.8, 4) is 0 Å². The predicted molar refractivity (Wildman–Crippen MR) is 85.1 cm³/mol. The quantitative estimate of drug-likeness (QED) is 0.805. The van der Waals surface area contributed by atoms with Crippen molar-refractivity contribution in [3.63, 3.8) is 0 Å². The Bertz CT molecular complexity index is 303. The third kappa shape index (κ3) is 3.55. The van der Waals surface area contributed by atoms with E-state index in [4.69, 9.17) is 0 Å². The molecule has 0 radical (unpaired) electrons. The molecule has 116 valence electrons. The van der Waals surface area contributed by atoms with Crippen LogP contribution in [0.15, 0.2) is 0 Å². The van der Waals surface area contributed by atoms with Gasteiger partial charge in [-0.1, -0.05) is 13.3 Å². The molecular formula is C17H33N3. The summed E-state index contributed by atoms with van der Waals surface area (Å²) in [6.07, 6.45) is 8.47. The Balaban J connectivity index is 1.54. The highest BCUT2D eigenvalue weighted by Gasteiger charge is 2.37. The van der Waals surface area contributed by atoms with E-state index in [0.717, 1.165) is 24.0 Å². The standard InChI is InChI=1S/C17H33N3/c1-3-9-18-17(15-7-8-15)13-20-12-16-6-4-5-10-19(16)11-14(20)2/h14-18H,3-13H2,1-2H3. The van der Waals surface area contributed by atoms with E-state index in [1.807, 2.05) is 0 Å². The normalized spacial score (nSPS) is 33.9. The van der Waals surface area contributed by atoms with Gasteiger partial charge in [0.25, 0.3) is 0 Å². The molecule has 0 aromatic rings. The minimum absolute atomic E-state index is 0.744. The Hall–Kier alpha value is -0.120. The van der Waals surface area contributed by atoms with Crippen LogP contribution < -0.4 is 5.32 Å². The zero-order chi connectivity index (χ0) is 13.9. The van der Waals surface area contributed by atoms with Gasteiger partial charge in [-0.15, -0.1) is 0 Å². The molecule has 0 spiro atoms. The number of piperidine rings is 1. The van der Waals surface area contributed by atoms with Crippen LogP contribution in [-0.4, -0.2) is 60.6 Å². The lowest BCUT2D eigenvalue weighted by Gasteiger charge is -2.48. The van der Waals surface area contributed by atoms with Gasteiger partial charge in [-0.05, 0) is 58.0 Å². The SMILES string of the molecule is CCCNC(CN1CC2CCCCN2CC1C)C1CC1. The van der Waals surface area contributed by atoms with Crippen molar-refractivity contribution in [1.82, 2.24) is 15.1 Å². The van der Waals surface area contributed by atoms with Gasteiger partial charge in [-0.3, -0.25) is 9.80 Å². The van der Waals surface area contributed by atoms with Crippen LogP contribution in [0.1, 0.15) is 52.4 Å². The van der Waals surface area contributed by atoms with Gasteiger partial charge in [0.05, 0.1) is 0 Å². The van der Waals surface area contributed by atoms with Gasteiger partial charge in [0.2, 0.25) is 0 Å². The summed E-state index contributed by atoms with van der Waals surface area (Å²) in [5.74, 6) is 0.970. The summed E-state index contributed by atoms with van der Waals surface area (Å²) in [6, 6.07) is 2.35. The van der Waals surface area contributed by atoms with Crippen molar-refractivity contribution in [3.05, 3.63) is 0 Å². The Morgan fingerprint density at radius 3 is 2.75 bits per heavy atom. The predicted octanol–water partition coefficient (Wildman–Crippen LogP) is 2.32. The first-order valence-electron chi connectivity index (χ1n) is 8.99. The summed E-state index contributed by atoms with van der Waals surface area (Å²) >= 11 is 0. The van der Waals surface area contributed by atoms with Gasteiger partial charge < -0.3 is 5.32 Å². The van der Waals surface area contributed by atoms with E-state index in [1.54, 1.807) is 0 Å². The Morgan fingerprint density at radius 1 is 1.15 bits per heavy atom. The Morgan fingerprint density at radius 2 is 2.00 bits per heavy atom. The number of nitrogens with one attached hydrogen (secondary N) is 1. The molecule has 3 aliphatic rings. The number of hydrogen-bond donors (Lipinski definition) is 1. The second-order valence-electron chi connectivity index (χ2n) is 7.35. The number of fused-ring (bicyclic) bond motifs is 1. The van der Waals surface area contributed by atoms with Gasteiger partial charge in [0.1, 0.15) is 0 Å². The van der Waals surface area contributed by atoms with Gasteiger partial charge >= 0.3 is 0 Å². The number of hydrogen-bond acceptors (Lipinski definition) is 3. The summed E-state index contributed by atoms with van der Waals surface area (Å²) in [7, 11) is 0. The molecule has 3 rings (SSSR count). The fraction of sp³-hybridized carbons (Fsp3) is 1.00. The first-order valence-corrected chi connectivity index (χ1v) is 8.99. The molecule has 3 fully saturated rings. The lowest BCUT2D eigenvalue weighted by molar-refractivity contribution is 0.00964. The number of nitrogens with zero attached hydrogens (tertiary/aromatic N) is 2. The average Bonchev–Trinajstić information content (AvgIpc) is 3.28. The Labute approximate surface area is 125 Å². The molecule has 0 aromatic heterocycles. The molecule has 1 N–H and O–H groups in total. The van der Waals surface area contributed by atoms with Crippen molar-refractivity contribution in [2.75, 3.05) is 32.7 Å². The molecule has 0 bridgehead atoms. The van der Waals surface area contributed by atoms with Gasteiger partial charge in [0, 0.05) is 37.8 Å². The van der Waals surface area contributed by atoms with E-state index in [-0.39, 0.29) is 0 Å². The van der Waals surface area contributed by atoms with Crippen LogP contribution in [0.3, 0.4) is 0 Å². The van der Waals surface area contributed by atoms with Crippen molar-refractivity contribution in [2.45, 2.75) is 70.5 Å². The molecule has 1 aliphatic carbocycles. The minimum atomic E-state index is 0.744. The zero-order valence-corrected chi connectivity index (χ0v) is 13.5. The molecule has 3 atom stereocenters. The molecule has 2 aliphatic heterocycles. The van der Waals surface area contributed by atoms with Crippen LogP contribution in [0.2, 0.25) is 0 Å². The molecule has 3 heteroatoms. The van der Waals surface area contributed by atoms with E-state index in [9.17, 15) is 0 Å². The molecule has 2 heterocycles. The highest BCUT2D eigenvalue weighted by molar-refractivity contribution is 4.94. The third-order valence-electron chi connectivity index (χ3n) is 5.60. The van der Waals surface area contributed by atoms with E-state index in [1.165, 1.54) is 71.2 Å². The van der Waals surface area contributed by atoms with E-state index in [2.05, 4.69) is 29.0 Å². The fourth-order valence-electron chi connectivity index (χ4n) is 4.13. The van der Waals surface area contributed by atoms with Crippen molar-refractivity contribution >= 4 is 0 Å². The molecular weight excluding hydrogens is 246 g/mol. The van der Waals surface area contributed by atoms with E-state index >= 15 is 0 Å². The molecule has 20 heavy (non-hydrogen) atoms. The molecule has 3 unspecified atom stereocenters. The maximum Gasteiger partial charge on any atom is 0.0223 e. The third-order valence-corrected chi connectivity index (χ3v) is 5.60. The molecule has 2 saturated heterocycles. The smallest absolute Gasteiger partial charge is 0.0223 e. The van der Waals surface area contributed by atoms with E-state index in [0.29, 0.717) is 0 Å². The summed E-state index contributed by atoms with van der Waals surface area (Å²) in [5, 5.41) is 3.82. The molecule has 0 aromatic carbocycles. The topological polar surface area (TPSA) is 18.5 Å². The van der Waals surface area contributed by atoms with Crippen molar-refractivity contribution in [1.29, 1.82) is 0 Å². The van der Waals surface area contributed by atoms with Crippen LogP contribution in [0.4, 0.5) is 0 Å². The van der Waals surface area contributed by atoms with Crippen molar-refractivity contribution in [2.24, 2.45) is 5.92 Å². The summed E-state index contributed by atoms with van der Waals surface area (Å²) in [6.45, 7) is 11.2. The van der Waals surface area contributed by atoms with Crippen LogP contribution in [0.5, 0.6) is 0 Å². The monoisotopic (exact) mass is 279 g/mol. The Kier molecular flexibility index (Phi) is 5.00. The van der Waals surface area contributed by atoms with E-state index < -0.39 is 0 Å². The fourth-order valence-corrected chi connectivity index (χ4v) is 4.13. The first-order chi connectivity index (χ1) is 9.78. The molecule has 0 amide bonds. The average molecular weight is 279 g/mol. The second-order valence-corrected chi connectivity index (χ2v) is 7.35. The number of rotatable bonds is 6. The molecule has 1 saturated carbocycles. The highest BCUT2D eigenvalue weighted by Crippen LogP contribution is 2.34.